The summed E-state index contributed by atoms with van der Waals surface area (Å²) in [6, 6.07) is 0. The fourth-order valence-electron chi connectivity index (χ4n) is 1.18. The Bertz CT molecular complexity index is 141. The van der Waals surface area contributed by atoms with Crippen LogP contribution in [0.15, 0.2) is 0 Å². The summed E-state index contributed by atoms with van der Waals surface area (Å²) < 4.78 is 0. The zero-order valence-corrected chi connectivity index (χ0v) is 11.5. The molecule has 0 aromatic heterocycles. The molecule has 3 nitrogen and oxygen atoms in total. The van der Waals surface area contributed by atoms with Crippen molar-refractivity contribution in [2.75, 3.05) is 20.1 Å². The van der Waals surface area contributed by atoms with E-state index in [1.165, 1.54) is 38.8 Å². The maximum Gasteiger partial charge on any atom is 0.303 e. The number of rotatable bonds is 8. The van der Waals surface area contributed by atoms with E-state index in [1.54, 1.807) is 0 Å². The molecule has 0 aromatic carbocycles. The lowest BCUT2D eigenvalue weighted by molar-refractivity contribution is -0.137. The molecule has 3 heteroatoms. The molecule has 0 aliphatic heterocycles. The van der Waals surface area contributed by atoms with Gasteiger partial charge in [-0.3, -0.25) is 4.79 Å². The van der Waals surface area contributed by atoms with Gasteiger partial charge in [0.1, 0.15) is 0 Å². The number of hydrogen-bond acceptors (Lipinski definition) is 2. The summed E-state index contributed by atoms with van der Waals surface area (Å²) >= 11 is 0. The van der Waals surface area contributed by atoms with Crippen molar-refractivity contribution in [2.45, 2.75) is 59.3 Å². The molecule has 98 valence electrons. The quantitative estimate of drug-likeness (QED) is 0.696. The number of carboxylic acid groups (broad SMARTS) is 1. The Labute approximate surface area is 101 Å². The van der Waals surface area contributed by atoms with Gasteiger partial charge in [-0.2, -0.15) is 0 Å². The van der Waals surface area contributed by atoms with Crippen LogP contribution in [-0.2, 0) is 4.79 Å². The predicted octanol–water partition coefficient (Wildman–Crippen LogP) is 3.39. The van der Waals surface area contributed by atoms with Crippen molar-refractivity contribution in [3.8, 4) is 0 Å². The molecule has 0 aromatic rings. The van der Waals surface area contributed by atoms with E-state index in [0.29, 0.717) is 6.42 Å². The Morgan fingerprint density at radius 3 is 1.62 bits per heavy atom. The van der Waals surface area contributed by atoms with E-state index in [0.717, 1.165) is 6.42 Å². The first-order valence-corrected chi connectivity index (χ1v) is 6.48. The van der Waals surface area contributed by atoms with Gasteiger partial charge in [0.15, 0.2) is 0 Å². The van der Waals surface area contributed by atoms with Crippen LogP contribution in [0, 0.1) is 0 Å². The van der Waals surface area contributed by atoms with Crippen molar-refractivity contribution >= 4 is 5.97 Å². The molecule has 0 atom stereocenters. The van der Waals surface area contributed by atoms with Crippen LogP contribution in [0.3, 0.4) is 0 Å². The largest absolute Gasteiger partial charge is 0.481 e. The zero-order valence-electron chi connectivity index (χ0n) is 11.5. The standard InChI is InChI=1S/C9H21N.C4H8O2/c1-4-6-8-10(3)9-7-5-2;1-2-3-4(5)6/h4-9H2,1-3H3;2-3H2,1H3,(H,5,6). The maximum atomic E-state index is 9.60. The van der Waals surface area contributed by atoms with Crippen LogP contribution in [0.4, 0.5) is 0 Å². The molecule has 0 unspecified atom stereocenters. The molecular weight excluding hydrogens is 202 g/mol. The van der Waals surface area contributed by atoms with Gasteiger partial charge in [0.2, 0.25) is 0 Å². The Morgan fingerprint density at radius 2 is 1.44 bits per heavy atom. The highest BCUT2D eigenvalue weighted by Crippen LogP contribution is 1.94. The van der Waals surface area contributed by atoms with Crippen LogP contribution in [0.25, 0.3) is 0 Å². The smallest absolute Gasteiger partial charge is 0.303 e. The average Bonchev–Trinajstić information content (AvgIpc) is 2.24. The van der Waals surface area contributed by atoms with E-state index in [9.17, 15) is 4.79 Å². The van der Waals surface area contributed by atoms with Crippen molar-refractivity contribution < 1.29 is 9.90 Å². The molecule has 0 radical (unpaired) electrons. The first-order valence-electron chi connectivity index (χ1n) is 6.48. The van der Waals surface area contributed by atoms with Gasteiger partial charge in [-0.05, 0) is 39.4 Å². The second-order valence-corrected chi connectivity index (χ2v) is 4.15. The summed E-state index contributed by atoms with van der Waals surface area (Å²) in [7, 11) is 2.21. The van der Waals surface area contributed by atoms with Crippen molar-refractivity contribution in [2.24, 2.45) is 0 Å². The fourth-order valence-corrected chi connectivity index (χ4v) is 1.18. The first-order chi connectivity index (χ1) is 7.58. The van der Waals surface area contributed by atoms with E-state index < -0.39 is 5.97 Å². The Balaban J connectivity index is 0. The molecule has 0 saturated heterocycles. The Hall–Kier alpha value is -0.570. The van der Waals surface area contributed by atoms with Gasteiger partial charge in [0.25, 0.3) is 0 Å². The van der Waals surface area contributed by atoms with Crippen LogP contribution in [-0.4, -0.2) is 36.1 Å². The van der Waals surface area contributed by atoms with Crippen LogP contribution in [0.5, 0.6) is 0 Å². The third kappa shape index (κ3) is 19.1. The Kier molecular flexibility index (Phi) is 16.1. The fraction of sp³-hybridized carbons (Fsp3) is 0.923. The van der Waals surface area contributed by atoms with Crippen molar-refractivity contribution in [1.29, 1.82) is 0 Å². The number of carbonyl (C=O) groups is 1. The van der Waals surface area contributed by atoms with Gasteiger partial charge >= 0.3 is 5.97 Å². The molecule has 0 heterocycles. The highest BCUT2D eigenvalue weighted by atomic mass is 16.4. The monoisotopic (exact) mass is 231 g/mol. The summed E-state index contributed by atoms with van der Waals surface area (Å²) in [5.74, 6) is -0.711. The second-order valence-electron chi connectivity index (χ2n) is 4.15. The van der Waals surface area contributed by atoms with Gasteiger partial charge < -0.3 is 10.0 Å². The molecule has 0 saturated carbocycles. The third-order valence-corrected chi connectivity index (χ3v) is 2.25. The molecular formula is C13H29NO2. The summed E-state index contributed by atoms with van der Waals surface area (Å²) in [4.78, 5) is 12.0. The first kappa shape index (κ1) is 17.8. The van der Waals surface area contributed by atoms with Crippen LogP contribution < -0.4 is 0 Å². The van der Waals surface area contributed by atoms with Gasteiger partial charge in [-0.25, -0.2) is 0 Å². The van der Waals surface area contributed by atoms with Gasteiger partial charge in [0.05, 0.1) is 0 Å². The van der Waals surface area contributed by atoms with E-state index >= 15 is 0 Å². The van der Waals surface area contributed by atoms with Crippen molar-refractivity contribution in [3.63, 3.8) is 0 Å². The van der Waals surface area contributed by atoms with Crippen LogP contribution in [0.2, 0.25) is 0 Å². The van der Waals surface area contributed by atoms with Crippen LogP contribution >= 0.6 is 0 Å². The summed E-state index contributed by atoms with van der Waals surface area (Å²) in [6.45, 7) is 8.88. The molecule has 0 aliphatic carbocycles. The topological polar surface area (TPSA) is 40.5 Å². The molecule has 16 heavy (non-hydrogen) atoms. The lowest BCUT2D eigenvalue weighted by Crippen LogP contribution is -2.20. The predicted molar refractivity (Wildman–Crippen MR) is 69.9 cm³/mol. The highest BCUT2D eigenvalue weighted by molar-refractivity contribution is 5.66. The molecule has 0 spiro atoms. The van der Waals surface area contributed by atoms with Crippen molar-refractivity contribution in [3.05, 3.63) is 0 Å². The van der Waals surface area contributed by atoms with E-state index in [1.807, 2.05) is 6.92 Å². The number of nitrogens with zero attached hydrogens (tertiary/aromatic N) is 1. The average molecular weight is 231 g/mol. The van der Waals surface area contributed by atoms with Gasteiger partial charge in [-0.1, -0.05) is 33.6 Å². The minimum absolute atomic E-state index is 0.292. The SMILES string of the molecule is CCCC(=O)O.CCCCN(C)CCCC. The normalized spacial score (nSPS) is 9.81. The molecule has 0 fully saturated rings. The molecule has 1 N–H and O–H groups in total. The number of carboxylic acids is 1. The maximum absolute atomic E-state index is 9.60. The van der Waals surface area contributed by atoms with E-state index in [2.05, 4.69) is 25.8 Å². The number of unbranched alkanes of at least 4 members (excludes halogenated alkanes) is 2. The minimum atomic E-state index is -0.711. The Morgan fingerprint density at radius 1 is 1.00 bits per heavy atom. The molecule has 0 aliphatic rings. The van der Waals surface area contributed by atoms with Gasteiger partial charge in [-0.15, -0.1) is 0 Å². The summed E-state index contributed by atoms with van der Waals surface area (Å²) in [6.07, 6.45) is 6.35. The number of aliphatic carboxylic acids is 1. The van der Waals surface area contributed by atoms with Crippen LogP contribution in [0.1, 0.15) is 59.3 Å². The third-order valence-electron chi connectivity index (χ3n) is 2.25. The second kappa shape index (κ2) is 14.4. The molecule has 0 rings (SSSR count). The highest BCUT2D eigenvalue weighted by Gasteiger charge is 1.94. The lowest BCUT2D eigenvalue weighted by atomic mass is 10.3. The summed E-state index contributed by atoms with van der Waals surface area (Å²) in [5.41, 5.74) is 0. The van der Waals surface area contributed by atoms with E-state index in [-0.39, 0.29) is 0 Å². The molecule has 0 amide bonds. The minimum Gasteiger partial charge on any atom is -0.481 e. The lowest BCUT2D eigenvalue weighted by Gasteiger charge is -2.14. The van der Waals surface area contributed by atoms with Gasteiger partial charge in [0, 0.05) is 6.42 Å². The zero-order chi connectivity index (χ0) is 12.8. The molecule has 0 bridgehead atoms. The van der Waals surface area contributed by atoms with Crippen molar-refractivity contribution in [1.82, 2.24) is 4.90 Å². The number of hydrogen-bond donors (Lipinski definition) is 1. The summed E-state index contributed by atoms with van der Waals surface area (Å²) in [5, 5.41) is 7.91. The van der Waals surface area contributed by atoms with E-state index in [4.69, 9.17) is 5.11 Å².